The Kier molecular flexibility index (Phi) is 4.27. The number of carbonyl (C=O) groups is 1. The van der Waals surface area contributed by atoms with Gasteiger partial charge in [0.1, 0.15) is 10.7 Å². The molecule has 2 aromatic carbocycles. The number of nitrogens with one attached hydrogen (secondary N) is 1. The Hall–Kier alpha value is -2.98. The lowest BCUT2D eigenvalue weighted by Gasteiger charge is -2.02. The van der Waals surface area contributed by atoms with E-state index in [4.69, 9.17) is 0 Å². The highest BCUT2D eigenvalue weighted by molar-refractivity contribution is 7.13. The summed E-state index contributed by atoms with van der Waals surface area (Å²) in [7, 11) is 0. The van der Waals surface area contributed by atoms with E-state index in [1.807, 2.05) is 67.8 Å². The molecule has 0 amide bonds. The lowest BCUT2D eigenvalue weighted by Crippen LogP contribution is -2.01. The van der Waals surface area contributed by atoms with Crippen molar-refractivity contribution in [2.75, 3.05) is 0 Å². The molecule has 3 nitrogen and oxygen atoms in total. The number of rotatable bonds is 4. The smallest absolute Gasteiger partial charge is 0.207 e. The first-order chi connectivity index (χ1) is 12.6. The van der Waals surface area contributed by atoms with Crippen LogP contribution in [-0.4, -0.2) is 15.8 Å². The van der Waals surface area contributed by atoms with Gasteiger partial charge in [-0.15, -0.1) is 11.3 Å². The summed E-state index contributed by atoms with van der Waals surface area (Å²) in [6.45, 7) is 3.89. The number of thiazole rings is 1. The number of aryl methyl sites for hydroxylation is 1. The fraction of sp³-hybridized carbons (Fsp3) is 0.0909. The van der Waals surface area contributed by atoms with Gasteiger partial charge in [-0.1, -0.05) is 42.5 Å². The second-order valence-electron chi connectivity index (χ2n) is 6.32. The van der Waals surface area contributed by atoms with Crippen LogP contribution < -0.4 is 0 Å². The van der Waals surface area contributed by atoms with E-state index in [1.165, 1.54) is 11.3 Å². The van der Waals surface area contributed by atoms with Crippen molar-refractivity contribution in [2.45, 2.75) is 13.8 Å². The molecule has 0 radical (unpaired) electrons. The van der Waals surface area contributed by atoms with E-state index in [2.05, 4.69) is 22.1 Å². The highest BCUT2D eigenvalue weighted by atomic mass is 32.1. The molecule has 2 aromatic heterocycles. The number of hydrogen-bond acceptors (Lipinski definition) is 3. The van der Waals surface area contributed by atoms with E-state index in [0.717, 1.165) is 32.7 Å². The number of fused-ring (bicyclic) bond motifs is 1. The van der Waals surface area contributed by atoms with Gasteiger partial charge in [-0.2, -0.15) is 0 Å². The Morgan fingerprint density at radius 2 is 1.88 bits per heavy atom. The predicted molar refractivity (Wildman–Crippen MR) is 109 cm³/mol. The van der Waals surface area contributed by atoms with Crippen molar-refractivity contribution in [3.63, 3.8) is 0 Å². The summed E-state index contributed by atoms with van der Waals surface area (Å²) in [6, 6.07) is 18.2. The Bertz CT molecular complexity index is 1100. The van der Waals surface area contributed by atoms with Crippen LogP contribution in [-0.2, 0) is 0 Å². The molecule has 0 spiro atoms. The third-order valence-electron chi connectivity index (χ3n) is 4.42. The fourth-order valence-electron chi connectivity index (χ4n) is 2.94. The molecule has 4 aromatic rings. The van der Waals surface area contributed by atoms with Crippen molar-refractivity contribution < 1.29 is 4.79 Å². The molecular weight excluding hydrogens is 340 g/mol. The average Bonchev–Trinajstić information content (AvgIpc) is 3.29. The minimum Gasteiger partial charge on any atom is -0.353 e. The summed E-state index contributed by atoms with van der Waals surface area (Å²) in [5.41, 5.74) is 5.40. The summed E-state index contributed by atoms with van der Waals surface area (Å²) in [5.74, 6) is -0.0353. The van der Waals surface area contributed by atoms with E-state index in [0.29, 0.717) is 11.3 Å². The second kappa shape index (κ2) is 6.73. The topological polar surface area (TPSA) is 45.8 Å². The molecular formula is C22H18N2OS. The van der Waals surface area contributed by atoms with Crippen LogP contribution in [0.3, 0.4) is 0 Å². The van der Waals surface area contributed by atoms with Crippen molar-refractivity contribution in [2.24, 2.45) is 0 Å². The summed E-state index contributed by atoms with van der Waals surface area (Å²) in [5, 5.41) is 3.80. The van der Waals surface area contributed by atoms with Gasteiger partial charge in [0.05, 0.1) is 5.69 Å². The number of aromatic amines is 1. The predicted octanol–water partition coefficient (Wildman–Crippen LogP) is 5.89. The average molecular weight is 358 g/mol. The standard InChI is InChI=1S/C22H18N2OS/c1-14-7-3-4-8-16(14)11-15(2)21(25)20-13-26-22(24-20)19-12-17-9-5-6-10-18(17)23-19/h3-13,23H,1-2H3/b15-11+. The molecule has 4 heteroatoms. The minimum absolute atomic E-state index is 0.0353. The van der Waals surface area contributed by atoms with Gasteiger partial charge in [0.15, 0.2) is 0 Å². The van der Waals surface area contributed by atoms with Gasteiger partial charge in [-0.25, -0.2) is 4.98 Å². The third-order valence-corrected chi connectivity index (χ3v) is 5.29. The van der Waals surface area contributed by atoms with Crippen LogP contribution in [0.25, 0.3) is 27.7 Å². The number of hydrogen-bond donors (Lipinski definition) is 1. The Morgan fingerprint density at radius 1 is 1.12 bits per heavy atom. The van der Waals surface area contributed by atoms with Crippen LogP contribution in [0.5, 0.6) is 0 Å². The number of carbonyl (C=O) groups excluding carboxylic acids is 1. The largest absolute Gasteiger partial charge is 0.353 e. The molecule has 0 atom stereocenters. The Balaban J connectivity index is 1.63. The third kappa shape index (κ3) is 3.11. The van der Waals surface area contributed by atoms with Crippen LogP contribution in [0.2, 0.25) is 0 Å². The quantitative estimate of drug-likeness (QED) is 0.365. The van der Waals surface area contributed by atoms with Crippen molar-refractivity contribution in [3.05, 3.63) is 82.4 Å². The molecule has 0 aliphatic heterocycles. The molecule has 0 fully saturated rings. The molecule has 2 heterocycles. The second-order valence-corrected chi connectivity index (χ2v) is 7.18. The van der Waals surface area contributed by atoms with Gasteiger partial charge >= 0.3 is 0 Å². The fourth-order valence-corrected chi connectivity index (χ4v) is 3.71. The summed E-state index contributed by atoms with van der Waals surface area (Å²) in [6.07, 6.45) is 1.93. The van der Waals surface area contributed by atoms with E-state index in [-0.39, 0.29) is 5.78 Å². The van der Waals surface area contributed by atoms with Crippen molar-refractivity contribution in [1.82, 2.24) is 9.97 Å². The van der Waals surface area contributed by atoms with E-state index >= 15 is 0 Å². The minimum atomic E-state index is -0.0353. The van der Waals surface area contributed by atoms with Gasteiger partial charge in [-0.05, 0) is 48.8 Å². The van der Waals surface area contributed by atoms with Gasteiger partial charge in [0.25, 0.3) is 0 Å². The molecule has 0 bridgehead atoms. The van der Waals surface area contributed by atoms with Crippen LogP contribution in [0.15, 0.2) is 65.6 Å². The maximum absolute atomic E-state index is 12.7. The number of Topliss-reactive ketones (excluding diaryl/α,β-unsaturated/α-hetero) is 1. The summed E-state index contributed by atoms with van der Waals surface area (Å²) >= 11 is 1.48. The maximum atomic E-state index is 12.7. The van der Waals surface area contributed by atoms with E-state index < -0.39 is 0 Å². The van der Waals surface area contributed by atoms with Crippen molar-refractivity contribution in [1.29, 1.82) is 0 Å². The zero-order chi connectivity index (χ0) is 18.1. The summed E-state index contributed by atoms with van der Waals surface area (Å²) < 4.78 is 0. The van der Waals surface area contributed by atoms with Crippen molar-refractivity contribution >= 4 is 34.1 Å². The molecule has 128 valence electrons. The van der Waals surface area contributed by atoms with Gasteiger partial charge in [0, 0.05) is 16.3 Å². The highest BCUT2D eigenvalue weighted by Gasteiger charge is 2.15. The van der Waals surface area contributed by atoms with Crippen LogP contribution in [0.1, 0.15) is 28.5 Å². The number of ketones is 1. The maximum Gasteiger partial charge on any atom is 0.207 e. The van der Waals surface area contributed by atoms with Gasteiger partial charge < -0.3 is 4.98 Å². The zero-order valence-electron chi connectivity index (χ0n) is 14.6. The number of H-pyrrole nitrogens is 1. The molecule has 0 aliphatic rings. The molecule has 26 heavy (non-hydrogen) atoms. The van der Waals surface area contributed by atoms with Crippen LogP contribution in [0.4, 0.5) is 0 Å². The molecule has 0 saturated heterocycles. The number of nitrogens with zero attached hydrogens (tertiary/aromatic N) is 1. The van der Waals surface area contributed by atoms with Crippen LogP contribution >= 0.6 is 11.3 Å². The first kappa shape index (κ1) is 16.5. The molecule has 1 N–H and O–H groups in total. The monoisotopic (exact) mass is 358 g/mol. The molecule has 0 aliphatic carbocycles. The number of allylic oxidation sites excluding steroid dienone is 1. The number of aromatic nitrogens is 2. The van der Waals surface area contributed by atoms with Crippen molar-refractivity contribution in [3.8, 4) is 10.7 Å². The van der Waals surface area contributed by atoms with Gasteiger partial charge in [-0.3, -0.25) is 4.79 Å². The lowest BCUT2D eigenvalue weighted by molar-refractivity contribution is 0.103. The van der Waals surface area contributed by atoms with E-state index in [9.17, 15) is 4.79 Å². The van der Waals surface area contributed by atoms with Crippen LogP contribution in [0, 0.1) is 6.92 Å². The first-order valence-corrected chi connectivity index (χ1v) is 9.32. The highest BCUT2D eigenvalue weighted by Crippen LogP contribution is 2.27. The molecule has 0 unspecified atom stereocenters. The normalized spacial score (nSPS) is 11.8. The van der Waals surface area contributed by atoms with E-state index in [1.54, 1.807) is 0 Å². The molecule has 0 saturated carbocycles. The number of para-hydroxylation sites is 1. The SMILES string of the molecule is C/C(=C\c1ccccc1C)C(=O)c1csc(-c2cc3ccccc3[nH]2)n1. The Morgan fingerprint density at radius 3 is 2.69 bits per heavy atom. The Labute approximate surface area is 156 Å². The van der Waals surface area contributed by atoms with Gasteiger partial charge in [0.2, 0.25) is 5.78 Å². The lowest BCUT2D eigenvalue weighted by atomic mass is 10.0. The zero-order valence-corrected chi connectivity index (χ0v) is 15.4. The first-order valence-electron chi connectivity index (χ1n) is 8.44. The molecule has 4 rings (SSSR count). The summed E-state index contributed by atoms with van der Waals surface area (Å²) in [4.78, 5) is 20.7. The number of benzene rings is 2.